The maximum absolute atomic E-state index is 12.4. The maximum atomic E-state index is 12.4. The normalized spacial score (nSPS) is 48.4. The van der Waals surface area contributed by atoms with Gasteiger partial charge in [-0.2, -0.15) is 0 Å². The summed E-state index contributed by atoms with van der Waals surface area (Å²) in [7, 11) is 7.32. The number of ether oxygens (including phenoxy) is 1. The third-order valence-corrected chi connectivity index (χ3v) is 14.0. The van der Waals surface area contributed by atoms with Crippen molar-refractivity contribution >= 4 is 5.97 Å². The van der Waals surface area contributed by atoms with Crippen molar-refractivity contribution in [2.45, 2.75) is 110 Å². The van der Waals surface area contributed by atoms with E-state index in [1.54, 1.807) is 6.92 Å². The fourth-order valence-electron chi connectivity index (χ4n) is 11.5. The molecule has 0 aromatic rings. The smallest absolute Gasteiger partial charge is 0.302 e. The van der Waals surface area contributed by atoms with Crippen LogP contribution in [0.15, 0.2) is 0 Å². The van der Waals surface area contributed by atoms with E-state index in [4.69, 9.17) is 4.74 Å². The minimum Gasteiger partial charge on any atom is -0.460 e. The lowest BCUT2D eigenvalue weighted by molar-refractivity contribution is -0.939. The monoisotopic (exact) mass is 529 g/mol. The van der Waals surface area contributed by atoms with Crippen molar-refractivity contribution in [3.05, 3.63) is 0 Å². The molecule has 6 rings (SSSR count). The van der Waals surface area contributed by atoms with Crippen LogP contribution in [0.2, 0.25) is 0 Å². The number of hydrogen-bond donors (Lipinski definition) is 0. The van der Waals surface area contributed by atoms with Crippen molar-refractivity contribution in [3.8, 4) is 0 Å². The largest absolute Gasteiger partial charge is 0.460 e. The molecular weight excluding hydrogens is 470 g/mol. The summed E-state index contributed by atoms with van der Waals surface area (Å²) < 4.78 is 8.81. The highest BCUT2D eigenvalue weighted by molar-refractivity contribution is 5.66. The van der Waals surface area contributed by atoms with Gasteiger partial charge in [0.1, 0.15) is 6.10 Å². The summed E-state index contributed by atoms with van der Waals surface area (Å²) in [5.74, 6) is 3.27. The van der Waals surface area contributed by atoms with Crippen LogP contribution in [0.5, 0.6) is 0 Å². The van der Waals surface area contributed by atoms with Gasteiger partial charge >= 0.3 is 5.97 Å². The molecule has 4 aliphatic carbocycles. The summed E-state index contributed by atoms with van der Waals surface area (Å²) >= 11 is 0. The fourth-order valence-corrected chi connectivity index (χ4v) is 11.5. The quantitative estimate of drug-likeness (QED) is 0.366. The Morgan fingerprint density at radius 1 is 0.816 bits per heavy atom. The SMILES string of the molecule is CC(=O)O[C@H]1[C@@H](N2CC[N+](C)(C)CC2)C[C@H]2[C@@H]3CC[C@H]4C[C@@H]([N+]5(C)CCCCC5)CC[C@]4(C)[C@H]3CC[C@@]21C. The van der Waals surface area contributed by atoms with Gasteiger partial charge in [-0.1, -0.05) is 13.8 Å². The first-order valence-electron chi connectivity index (χ1n) is 16.5. The van der Waals surface area contributed by atoms with Crippen LogP contribution in [-0.2, 0) is 9.53 Å². The van der Waals surface area contributed by atoms with Gasteiger partial charge in [0.25, 0.3) is 0 Å². The predicted octanol–water partition coefficient (Wildman–Crippen LogP) is 5.33. The predicted molar refractivity (Wildman–Crippen MR) is 153 cm³/mol. The van der Waals surface area contributed by atoms with Crippen LogP contribution >= 0.6 is 0 Å². The molecule has 0 N–H and O–H groups in total. The molecule has 9 atom stereocenters. The molecule has 0 spiro atoms. The zero-order valence-corrected chi connectivity index (χ0v) is 25.7. The number of nitrogens with zero attached hydrogens (tertiary/aromatic N) is 3. The van der Waals surface area contributed by atoms with Gasteiger partial charge in [-0.15, -0.1) is 0 Å². The lowest BCUT2D eigenvalue weighted by atomic mass is 9.45. The standard InChI is InChI=1S/C33H59N3O2/c1-24(37)38-31-30(34-16-20-35(4,5)21-17-34)23-29-27-11-10-25-22-26(36(6)18-8-7-9-19-36)12-14-32(25,2)28(27)13-15-33(29,31)3/h25-31H,7-23H2,1-6H3/q+2/t25-,26-,27+,28-,29-,30-,31-,32-,33-/m0/s1. The molecule has 0 amide bonds. The van der Waals surface area contributed by atoms with Crippen molar-refractivity contribution in [3.63, 3.8) is 0 Å². The second kappa shape index (κ2) is 9.72. The van der Waals surface area contributed by atoms with Gasteiger partial charge < -0.3 is 13.7 Å². The molecule has 0 aromatic carbocycles. The molecule has 2 aliphatic heterocycles. The second-order valence-corrected chi connectivity index (χ2v) is 16.4. The van der Waals surface area contributed by atoms with Gasteiger partial charge in [0.2, 0.25) is 0 Å². The summed E-state index contributed by atoms with van der Waals surface area (Å²) in [5.41, 5.74) is 0.670. The van der Waals surface area contributed by atoms with E-state index >= 15 is 0 Å². The number of esters is 1. The van der Waals surface area contributed by atoms with Crippen LogP contribution in [0.4, 0.5) is 0 Å². The Morgan fingerprint density at radius 2 is 1.50 bits per heavy atom. The van der Waals surface area contributed by atoms with E-state index in [0.717, 1.165) is 41.4 Å². The fraction of sp³-hybridized carbons (Fsp3) is 0.970. The molecular formula is C33H59N3O2+2. The number of likely N-dealkylation sites (tertiary alicyclic amines) is 1. The highest BCUT2D eigenvalue weighted by Gasteiger charge is 2.64. The van der Waals surface area contributed by atoms with Crippen molar-refractivity contribution in [2.75, 3.05) is 60.4 Å². The van der Waals surface area contributed by atoms with Gasteiger partial charge in [-0.05, 0) is 93.3 Å². The van der Waals surface area contributed by atoms with Gasteiger partial charge in [-0.3, -0.25) is 9.69 Å². The molecule has 0 aromatic heterocycles. The molecule has 216 valence electrons. The molecule has 5 nitrogen and oxygen atoms in total. The van der Waals surface area contributed by atoms with E-state index in [2.05, 4.69) is 39.9 Å². The molecule has 5 heteroatoms. The Kier molecular flexibility index (Phi) is 7.04. The van der Waals surface area contributed by atoms with Crippen molar-refractivity contribution in [2.24, 2.45) is 34.5 Å². The Hall–Kier alpha value is -0.650. The summed E-state index contributed by atoms with van der Waals surface area (Å²) in [6.07, 6.45) is 15.5. The van der Waals surface area contributed by atoms with Crippen LogP contribution in [0.1, 0.15) is 91.4 Å². The molecule has 2 saturated heterocycles. The van der Waals surface area contributed by atoms with E-state index in [-0.39, 0.29) is 17.5 Å². The van der Waals surface area contributed by atoms with Crippen molar-refractivity contribution < 1.29 is 18.5 Å². The minimum absolute atomic E-state index is 0.0690. The third-order valence-electron chi connectivity index (χ3n) is 14.0. The Morgan fingerprint density at radius 3 is 2.18 bits per heavy atom. The molecule has 2 heterocycles. The summed E-state index contributed by atoms with van der Waals surface area (Å²) in [6.45, 7) is 14.4. The summed E-state index contributed by atoms with van der Waals surface area (Å²) in [6, 6.07) is 1.32. The molecule has 4 saturated carbocycles. The van der Waals surface area contributed by atoms with E-state index in [1.807, 2.05) is 0 Å². The lowest BCUT2D eigenvalue weighted by Crippen LogP contribution is -2.61. The van der Waals surface area contributed by atoms with Gasteiger partial charge in [0.05, 0.1) is 53.4 Å². The molecule has 6 fully saturated rings. The van der Waals surface area contributed by atoms with Crippen molar-refractivity contribution in [1.29, 1.82) is 0 Å². The maximum Gasteiger partial charge on any atom is 0.302 e. The van der Waals surface area contributed by atoms with Crippen LogP contribution in [0.25, 0.3) is 0 Å². The first kappa shape index (κ1) is 27.5. The summed E-state index contributed by atoms with van der Waals surface area (Å²) in [4.78, 5) is 15.1. The van der Waals surface area contributed by atoms with Gasteiger partial charge in [-0.25, -0.2) is 0 Å². The number of fused-ring (bicyclic) bond motifs is 5. The third kappa shape index (κ3) is 4.49. The first-order chi connectivity index (χ1) is 18.0. The highest BCUT2D eigenvalue weighted by Crippen LogP contribution is 2.67. The zero-order chi connectivity index (χ0) is 26.9. The number of carbonyl (C=O) groups excluding carboxylic acids is 1. The van der Waals surface area contributed by atoms with Gasteiger partial charge in [0.15, 0.2) is 0 Å². The zero-order valence-electron chi connectivity index (χ0n) is 25.7. The number of piperidine rings is 1. The first-order valence-corrected chi connectivity index (χ1v) is 16.5. The number of hydrogen-bond acceptors (Lipinski definition) is 3. The molecule has 0 unspecified atom stereocenters. The minimum atomic E-state index is -0.0690. The van der Waals surface area contributed by atoms with Crippen LogP contribution in [-0.4, -0.2) is 98.4 Å². The number of rotatable bonds is 3. The van der Waals surface area contributed by atoms with Crippen LogP contribution < -0.4 is 0 Å². The highest BCUT2D eigenvalue weighted by atomic mass is 16.5. The molecule has 6 aliphatic rings. The number of quaternary nitrogens is 2. The topological polar surface area (TPSA) is 29.5 Å². The number of piperazine rings is 1. The van der Waals surface area contributed by atoms with Gasteiger partial charge in [0, 0.05) is 37.9 Å². The average Bonchev–Trinajstić information content (AvgIpc) is 3.15. The number of likely N-dealkylation sites (N-methyl/N-ethyl adjacent to an activating group) is 1. The van der Waals surface area contributed by atoms with E-state index in [9.17, 15) is 4.79 Å². The molecule has 38 heavy (non-hydrogen) atoms. The molecule has 0 radical (unpaired) electrons. The Bertz CT molecular complexity index is 889. The van der Waals surface area contributed by atoms with E-state index < -0.39 is 0 Å². The second-order valence-electron chi connectivity index (χ2n) is 16.4. The van der Waals surface area contributed by atoms with Crippen LogP contribution in [0, 0.1) is 34.5 Å². The Balaban J connectivity index is 1.21. The Labute approximate surface area is 233 Å². The van der Waals surface area contributed by atoms with Crippen LogP contribution in [0.3, 0.4) is 0 Å². The average molecular weight is 530 g/mol. The summed E-state index contributed by atoms with van der Waals surface area (Å²) in [5, 5.41) is 0. The lowest BCUT2D eigenvalue weighted by Gasteiger charge is -2.62. The van der Waals surface area contributed by atoms with E-state index in [1.165, 1.54) is 101 Å². The molecule has 0 bridgehead atoms. The van der Waals surface area contributed by atoms with E-state index in [0.29, 0.717) is 17.4 Å². The number of carbonyl (C=O) groups is 1. The van der Waals surface area contributed by atoms with Crippen molar-refractivity contribution in [1.82, 2.24) is 4.90 Å².